The molecule has 2 N–H and O–H groups in total. The number of sulfonamides is 1. The molecule has 0 spiro atoms. The maximum atomic E-state index is 13.8. The van der Waals surface area contributed by atoms with Crippen LogP contribution in [0, 0.1) is 12.7 Å². The average Bonchev–Trinajstić information content (AvgIpc) is 2.63. The van der Waals surface area contributed by atoms with Gasteiger partial charge in [-0.1, -0.05) is 12.1 Å². The molecule has 0 bridgehead atoms. The minimum atomic E-state index is -3.41. The predicted octanol–water partition coefficient (Wildman–Crippen LogP) is 2.19. The number of aryl methyl sites for hydroxylation is 1. The van der Waals surface area contributed by atoms with Crippen LogP contribution >= 0.6 is 0 Å². The van der Waals surface area contributed by atoms with Crippen molar-refractivity contribution < 1.29 is 17.5 Å². The molecule has 1 aliphatic heterocycles. The summed E-state index contributed by atoms with van der Waals surface area (Å²) in [5.41, 5.74) is 1.39. The Morgan fingerprint density at radius 1 is 1.34 bits per heavy atom. The van der Waals surface area contributed by atoms with Crippen molar-refractivity contribution in [2.75, 3.05) is 31.9 Å². The number of guanidine groups is 1. The highest BCUT2D eigenvalue weighted by Crippen LogP contribution is 2.17. The van der Waals surface area contributed by atoms with Gasteiger partial charge in [0.2, 0.25) is 10.0 Å². The Kier molecular flexibility index (Phi) is 8.42. The van der Waals surface area contributed by atoms with Crippen LogP contribution < -0.4 is 10.6 Å². The summed E-state index contributed by atoms with van der Waals surface area (Å²) in [6, 6.07) is 4.93. The van der Waals surface area contributed by atoms with Gasteiger partial charge in [-0.15, -0.1) is 0 Å². The van der Waals surface area contributed by atoms with Crippen LogP contribution in [0.4, 0.5) is 4.39 Å². The number of nitrogens with one attached hydrogen (secondary N) is 2. The van der Waals surface area contributed by atoms with Crippen molar-refractivity contribution in [1.82, 2.24) is 14.9 Å². The molecule has 0 amide bonds. The fourth-order valence-electron chi connectivity index (χ4n) is 3.25. The fraction of sp³-hybridized carbons (Fsp3) is 0.650. The number of rotatable bonds is 7. The number of benzene rings is 1. The molecule has 1 heterocycles. The van der Waals surface area contributed by atoms with E-state index in [1.807, 2.05) is 33.8 Å². The molecule has 0 aromatic heterocycles. The summed E-state index contributed by atoms with van der Waals surface area (Å²) in [7, 11) is -3.41. The zero-order valence-corrected chi connectivity index (χ0v) is 18.7. The molecule has 164 valence electrons. The van der Waals surface area contributed by atoms with Gasteiger partial charge in [0, 0.05) is 19.6 Å². The van der Waals surface area contributed by atoms with Crippen molar-refractivity contribution in [1.29, 1.82) is 0 Å². The first-order chi connectivity index (χ1) is 13.6. The van der Waals surface area contributed by atoms with Crippen LogP contribution in [0.5, 0.6) is 0 Å². The second-order valence-electron chi connectivity index (χ2n) is 7.53. The van der Waals surface area contributed by atoms with Crippen LogP contribution in [0.1, 0.15) is 44.9 Å². The quantitative estimate of drug-likeness (QED) is 0.514. The van der Waals surface area contributed by atoms with Gasteiger partial charge in [-0.3, -0.25) is 4.99 Å². The zero-order chi connectivity index (χ0) is 21.6. The highest BCUT2D eigenvalue weighted by atomic mass is 32.2. The van der Waals surface area contributed by atoms with Gasteiger partial charge in [0.1, 0.15) is 5.82 Å². The highest BCUT2D eigenvalue weighted by molar-refractivity contribution is 7.89. The molecule has 1 aromatic rings. The molecular formula is C20H33FN4O3S. The van der Waals surface area contributed by atoms with Crippen molar-refractivity contribution in [3.63, 3.8) is 0 Å². The summed E-state index contributed by atoms with van der Waals surface area (Å²) in [4.78, 5) is 4.40. The van der Waals surface area contributed by atoms with Gasteiger partial charge in [-0.05, 0) is 51.8 Å². The Labute approximate surface area is 173 Å². The molecule has 0 saturated carbocycles. The van der Waals surface area contributed by atoms with Crippen molar-refractivity contribution in [3.05, 3.63) is 35.1 Å². The minimum Gasteiger partial charge on any atom is -0.373 e. The molecule has 3 atom stereocenters. The van der Waals surface area contributed by atoms with Gasteiger partial charge in [-0.25, -0.2) is 12.8 Å². The fourth-order valence-corrected chi connectivity index (χ4v) is 4.70. The Morgan fingerprint density at radius 2 is 2.00 bits per heavy atom. The number of nitrogens with zero attached hydrogens (tertiary/aromatic N) is 2. The first-order valence-electron chi connectivity index (χ1n) is 10.1. The van der Waals surface area contributed by atoms with Gasteiger partial charge in [-0.2, -0.15) is 4.31 Å². The van der Waals surface area contributed by atoms with E-state index in [1.54, 1.807) is 13.0 Å². The lowest BCUT2D eigenvalue weighted by Gasteiger charge is -2.34. The van der Waals surface area contributed by atoms with E-state index in [9.17, 15) is 12.8 Å². The highest BCUT2D eigenvalue weighted by Gasteiger charge is 2.30. The van der Waals surface area contributed by atoms with E-state index >= 15 is 0 Å². The maximum absolute atomic E-state index is 13.8. The number of ether oxygens (including phenoxy) is 1. The molecular weight excluding hydrogens is 395 g/mol. The summed E-state index contributed by atoms with van der Waals surface area (Å²) in [6.45, 7) is 10.8. The van der Waals surface area contributed by atoms with Crippen molar-refractivity contribution in [2.45, 2.75) is 52.9 Å². The summed E-state index contributed by atoms with van der Waals surface area (Å²) < 4.78 is 46.2. The van der Waals surface area contributed by atoms with E-state index < -0.39 is 10.0 Å². The lowest BCUT2D eigenvalue weighted by atomic mass is 10.1. The van der Waals surface area contributed by atoms with Gasteiger partial charge >= 0.3 is 0 Å². The normalized spacial score (nSPS) is 22.3. The van der Waals surface area contributed by atoms with Crippen LogP contribution in [-0.4, -0.2) is 62.8 Å². The molecule has 7 nitrogen and oxygen atoms in total. The average molecular weight is 429 g/mol. The standard InChI is InChI=1S/C20H33FN4O3S/c1-6-22-20(24-17(5)18-8-7-14(2)19(21)11-18)23-9-10-29(26,27)25-12-15(3)28-16(4)13-25/h7-8,11,15-17H,6,9-10,12-13H2,1-5H3,(H2,22,23,24). The van der Waals surface area contributed by atoms with Gasteiger partial charge in [0.25, 0.3) is 0 Å². The smallest absolute Gasteiger partial charge is 0.216 e. The molecule has 1 aliphatic rings. The molecule has 0 aliphatic carbocycles. The van der Waals surface area contributed by atoms with Crippen LogP contribution in [0.3, 0.4) is 0 Å². The molecule has 0 radical (unpaired) electrons. The minimum absolute atomic E-state index is 0.0729. The number of morpholine rings is 1. The van der Waals surface area contributed by atoms with Crippen LogP contribution in [-0.2, 0) is 14.8 Å². The van der Waals surface area contributed by atoms with Crippen molar-refractivity contribution >= 4 is 16.0 Å². The molecule has 3 unspecified atom stereocenters. The second kappa shape index (κ2) is 10.4. The summed E-state index contributed by atoms with van der Waals surface area (Å²) >= 11 is 0. The van der Waals surface area contributed by atoms with E-state index in [1.165, 1.54) is 10.4 Å². The third-order valence-electron chi connectivity index (χ3n) is 4.79. The van der Waals surface area contributed by atoms with E-state index in [0.717, 1.165) is 5.56 Å². The van der Waals surface area contributed by atoms with E-state index in [2.05, 4.69) is 15.6 Å². The Morgan fingerprint density at radius 3 is 2.59 bits per heavy atom. The van der Waals surface area contributed by atoms with Crippen LogP contribution in [0.25, 0.3) is 0 Å². The molecule has 2 rings (SSSR count). The number of hydrogen-bond donors (Lipinski definition) is 2. The zero-order valence-electron chi connectivity index (χ0n) is 17.9. The SMILES string of the molecule is CCNC(=NCCS(=O)(=O)N1CC(C)OC(C)C1)NC(C)c1ccc(C)c(F)c1. The molecule has 29 heavy (non-hydrogen) atoms. The van der Waals surface area contributed by atoms with Crippen molar-refractivity contribution in [3.8, 4) is 0 Å². The molecule has 9 heteroatoms. The van der Waals surface area contributed by atoms with Gasteiger partial charge in [0.15, 0.2) is 5.96 Å². The Hall–Kier alpha value is -1.71. The third kappa shape index (κ3) is 6.94. The van der Waals surface area contributed by atoms with Gasteiger partial charge in [0.05, 0.1) is 30.5 Å². The molecule has 1 aromatic carbocycles. The van der Waals surface area contributed by atoms with Crippen LogP contribution in [0.15, 0.2) is 23.2 Å². The second-order valence-corrected chi connectivity index (χ2v) is 9.61. The summed E-state index contributed by atoms with van der Waals surface area (Å²) in [5.74, 6) is 0.175. The maximum Gasteiger partial charge on any atom is 0.216 e. The topological polar surface area (TPSA) is 83.0 Å². The molecule has 1 saturated heterocycles. The number of aliphatic imine (C=N–C) groups is 1. The van der Waals surface area contributed by atoms with Crippen molar-refractivity contribution in [2.24, 2.45) is 4.99 Å². The lowest BCUT2D eigenvalue weighted by Crippen LogP contribution is -2.49. The lowest BCUT2D eigenvalue weighted by molar-refractivity contribution is -0.0440. The Bertz CT molecular complexity index is 806. The number of halogens is 1. The summed E-state index contributed by atoms with van der Waals surface area (Å²) in [6.07, 6.45) is -0.237. The van der Waals surface area contributed by atoms with E-state index in [0.29, 0.717) is 31.2 Å². The third-order valence-corrected chi connectivity index (χ3v) is 6.58. The predicted molar refractivity (Wildman–Crippen MR) is 114 cm³/mol. The summed E-state index contributed by atoms with van der Waals surface area (Å²) in [5, 5.41) is 6.31. The first-order valence-corrected chi connectivity index (χ1v) is 11.7. The van der Waals surface area contributed by atoms with Crippen LogP contribution in [0.2, 0.25) is 0 Å². The van der Waals surface area contributed by atoms with Gasteiger partial charge < -0.3 is 15.4 Å². The monoisotopic (exact) mass is 428 g/mol. The van der Waals surface area contributed by atoms with E-state index in [-0.39, 0.29) is 36.4 Å². The van der Waals surface area contributed by atoms with E-state index in [4.69, 9.17) is 4.74 Å². The molecule has 1 fully saturated rings. The number of hydrogen-bond acceptors (Lipinski definition) is 4. The Balaban J connectivity index is 1.99. The largest absolute Gasteiger partial charge is 0.373 e. The first kappa shape index (κ1) is 23.6.